The standard InChI is InChI=1S/C26H35Cl2N3O4S/c1-8-23(25(33)29-26(4,5)6)30(15-20-21(27)10-9-11-22(20)28)24(32)16-31(36(7,34)35)19-13-17(2)12-18(3)14-19/h9-14,23H,8,15-16H2,1-7H3,(H,29,33)/t23-/m0/s1. The van der Waals surface area contributed by atoms with E-state index in [0.29, 0.717) is 27.7 Å². The Hall–Kier alpha value is -2.29. The second-order valence-corrected chi connectivity index (χ2v) is 12.7. The predicted molar refractivity (Wildman–Crippen MR) is 147 cm³/mol. The lowest BCUT2D eigenvalue weighted by molar-refractivity contribution is -0.141. The van der Waals surface area contributed by atoms with Crippen LogP contribution in [0.4, 0.5) is 5.69 Å². The first-order valence-corrected chi connectivity index (χ1v) is 14.2. The minimum atomic E-state index is -3.82. The van der Waals surface area contributed by atoms with Crippen molar-refractivity contribution in [3.63, 3.8) is 0 Å². The SMILES string of the molecule is CC[C@@H](C(=O)NC(C)(C)C)N(Cc1c(Cl)cccc1Cl)C(=O)CN(c1cc(C)cc(C)c1)S(C)(=O)=O. The van der Waals surface area contributed by atoms with Crippen molar-refractivity contribution in [2.24, 2.45) is 0 Å². The molecule has 36 heavy (non-hydrogen) atoms. The molecule has 7 nitrogen and oxygen atoms in total. The zero-order chi connectivity index (χ0) is 27.4. The summed E-state index contributed by atoms with van der Waals surface area (Å²) < 4.78 is 26.6. The molecule has 10 heteroatoms. The quantitative estimate of drug-likeness (QED) is 0.466. The molecule has 0 unspecified atom stereocenters. The minimum Gasteiger partial charge on any atom is -0.350 e. The first kappa shape index (κ1) is 29.9. The number of hydrogen-bond donors (Lipinski definition) is 1. The molecule has 1 atom stereocenters. The summed E-state index contributed by atoms with van der Waals surface area (Å²) in [5, 5.41) is 3.62. The summed E-state index contributed by atoms with van der Waals surface area (Å²) in [7, 11) is -3.82. The van der Waals surface area contributed by atoms with Crippen LogP contribution in [0.1, 0.15) is 50.8 Å². The lowest BCUT2D eigenvalue weighted by atomic mass is 10.1. The van der Waals surface area contributed by atoms with Crippen LogP contribution in [0.15, 0.2) is 36.4 Å². The number of nitrogens with zero attached hydrogens (tertiary/aromatic N) is 2. The number of carbonyl (C=O) groups excluding carboxylic acids is 2. The van der Waals surface area contributed by atoms with E-state index in [1.54, 1.807) is 37.3 Å². The van der Waals surface area contributed by atoms with Crippen LogP contribution in [0.25, 0.3) is 0 Å². The van der Waals surface area contributed by atoms with Gasteiger partial charge in [0, 0.05) is 27.7 Å². The molecule has 0 spiro atoms. The van der Waals surface area contributed by atoms with E-state index in [1.807, 2.05) is 40.7 Å². The van der Waals surface area contributed by atoms with E-state index in [2.05, 4.69) is 5.32 Å². The molecule has 2 rings (SSSR count). The van der Waals surface area contributed by atoms with Gasteiger partial charge in [0.1, 0.15) is 12.6 Å². The van der Waals surface area contributed by atoms with Gasteiger partial charge in [-0.25, -0.2) is 8.42 Å². The summed E-state index contributed by atoms with van der Waals surface area (Å²) in [6.07, 6.45) is 1.36. The average Bonchev–Trinajstić information content (AvgIpc) is 2.70. The minimum absolute atomic E-state index is 0.0577. The van der Waals surface area contributed by atoms with Crippen molar-refractivity contribution in [2.45, 2.75) is 66.1 Å². The van der Waals surface area contributed by atoms with E-state index in [4.69, 9.17) is 23.2 Å². The molecule has 0 heterocycles. The van der Waals surface area contributed by atoms with Crippen LogP contribution < -0.4 is 9.62 Å². The Balaban J connectivity index is 2.55. The van der Waals surface area contributed by atoms with Crippen LogP contribution in [0.5, 0.6) is 0 Å². The monoisotopic (exact) mass is 555 g/mol. The fourth-order valence-electron chi connectivity index (χ4n) is 3.93. The van der Waals surface area contributed by atoms with Gasteiger partial charge >= 0.3 is 0 Å². The number of carbonyl (C=O) groups is 2. The van der Waals surface area contributed by atoms with E-state index in [0.717, 1.165) is 21.7 Å². The van der Waals surface area contributed by atoms with Crippen LogP contribution in [0.3, 0.4) is 0 Å². The lowest BCUT2D eigenvalue weighted by Crippen LogP contribution is -2.55. The summed E-state index contributed by atoms with van der Waals surface area (Å²) in [5.74, 6) is -0.898. The van der Waals surface area contributed by atoms with Crippen molar-refractivity contribution in [1.82, 2.24) is 10.2 Å². The third-order valence-corrected chi connectivity index (χ3v) is 7.30. The summed E-state index contributed by atoms with van der Waals surface area (Å²) in [6.45, 7) is 10.5. The van der Waals surface area contributed by atoms with Crippen LogP contribution in [-0.4, -0.2) is 49.5 Å². The zero-order valence-electron chi connectivity index (χ0n) is 21.9. The van der Waals surface area contributed by atoms with Crippen LogP contribution in [0.2, 0.25) is 10.0 Å². The Bertz CT molecular complexity index is 1190. The molecule has 0 aromatic heterocycles. The van der Waals surface area contributed by atoms with Gasteiger partial charge in [0.25, 0.3) is 0 Å². The van der Waals surface area contributed by atoms with E-state index in [-0.39, 0.29) is 12.5 Å². The molecule has 0 saturated carbocycles. The number of benzene rings is 2. The maximum atomic E-state index is 13.8. The molecule has 2 aromatic carbocycles. The van der Waals surface area contributed by atoms with E-state index in [9.17, 15) is 18.0 Å². The normalized spacial score (nSPS) is 12.7. The van der Waals surface area contributed by atoms with Crippen LogP contribution >= 0.6 is 23.2 Å². The number of rotatable bonds is 9. The topological polar surface area (TPSA) is 86.8 Å². The molecule has 2 amide bonds. The summed E-state index contributed by atoms with van der Waals surface area (Å²) in [4.78, 5) is 28.4. The summed E-state index contributed by atoms with van der Waals surface area (Å²) in [6, 6.07) is 9.46. The van der Waals surface area contributed by atoms with Gasteiger partial charge in [0.05, 0.1) is 11.9 Å². The summed E-state index contributed by atoms with van der Waals surface area (Å²) >= 11 is 12.8. The fourth-order valence-corrected chi connectivity index (χ4v) is 5.28. The second kappa shape index (κ2) is 11.8. The number of sulfonamides is 1. The van der Waals surface area contributed by atoms with E-state index in [1.165, 1.54) is 4.90 Å². The highest BCUT2D eigenvalue weighted by Gasteiger charge is 2.33. The van der Waals surface area contributed by atoms with Crippen molar-refractivity contribution in [1.29, 1.82) is 0 Å². The Morgan fingerprint density at radius 2 is 1.56 bits per heavy atom. The van der Waals surface area contributed by atoms with Gasteiger partial charge in [-0.3, -0.25) is 13.9 Å². The lowest BCUT2D eigenvalue weighted by Gasteiger charge is -2.35. The molecule has 0 radical (unpaired) electrons. The molecular formula is C26H35Cl2N3O4S. The molecule has 0 fully saturated rings. The molecule has 2 aromatic rings. The third kappa shape index (κ3) is 8.11. The molecule has 0 aliphatic rings. The largest absolute Gasteiger partial charge is 0.350 e. The van der Waals surface area contributed by atoms with Crippen molar-refractivity contribution in [3.05, 3.63) is 63.1 Å². The first-order chi connectivity index (χ1) is 16.5. The fraction of sp³-hybridized carbons (Fsp3) is 0.462. The smallest absolute Gasteiger partial charge is 0.244 e. The molecule has 0 saturated heterocycles. The van der Waals surface area contributed by atoms with Gasteiger partial charge in [0.2, 0.25) is 21.8 Å². The van der Waals surface area contributed by atoms with Gasteiger partial charge < -0.3 is 10.2 Å². The average molecular weight is 557 g/mol. The van der Waals surface area contributed by atoms with Crippen LogP contribution in [0, 0.1) is 13.8 Å². The van der Waals surface area contributed by atoms with Crippen molar-refractivity contribution in [2.75, 3.05) is 17.1 Å². The second-order valence-electron chi connectivity index (χ2n) is 10.0. The Morgan fingerprint density at radius 1 is 1.03 bits per heavy atom. The predicted octanol–water partition coefficient (Wildman–Crippen LogP) is 5.10. The molecule has 0 aliphatic carbocycles. The Morgan fingerprint density at radius 3 is 2.00 bits per heavy atom. The van der Waals surface area contributed by atoms with Gasteiger partial charge in [-0.05, 0) is 76.4 Å². The summed E-state index contributed by atoms with van der Waals surface area (Å²) in [5.41, 5.74) is 2.06. The van der Waals surface area contributed by atoms with Crippen molar-refractivity contribution < 1.29 is 18.0 Å². The molecule has 0 aliphatic heterocycles. The van der Waals surface area contributed by atoms with Gasteiger partial charge in [0.15, 0.2) is 0 Å². The zero-order valence-corrected chi connectivity index (χ0v) is 24.2. The van der Waals surface area contributed by atoms with Gasteiger partial charge in [-0.2, -0.15) is 0 Å². The number of amides is 2. The number of aryl methyl sites for hydroxylation is 2. The van der Waals surface area contributed by atoms with Gasteiger partial charge in [-0.15, -0.1) is 0 Å². The Labute approximate surface area is 224 Å². The van der Waals surface area contributed by atoms with Crippen molar-refractivity contribution >= 4 is 50.7 Å². The van der Waals surface area contributed by atoms with Crippen LogP contribution in [-0.2, 0) is 26.2 Å². The molecule has 0 bridgehead atoms. The molecule has 198 valence electrons. The number of halogens is 2. The number of nitrogens with one attached hydrogen (secondary N) is 1. The van der Waals surface area contributed by atoms with E-state index < -0.39 is 34.1 Å². The molecule has 1 N–H and O–H groups in total. The molecular weight excluding hydrogens is 521 g/mol. The highest BCUT2D eigenvalue weighted by Crippen LogP contribution is 2.28. The highest BCUT2D eigenvalue weighted by atomic mass is 35.5. The van der Waals surface area contributed by atoms with Crippen molar-refractivity contribution in [3.8, 4) is 0 Å². The third-order valence-electron chi connectivity index (χ3n) is 5.45. The van der Waals surface area contributed by atoms with Gasteiger partial charge in [-0.1, -0.05) is 42.3 Å². The number of anilines is 1. The Kier molecular flexibility index (Phi) is 9.84. The van der Waals surface area contributed by atoms with E-state index >= 15 is 0 Å². The maximum absolute atomic E-state index is 13.8. The first-order valence-electron chi connectivity index (χ1n) is 11.6. The number of hydrogen-bond acceptors (Lipinski definition) is 4. The maximum Gasteiger partial charge on any atom is 0.244 e. The highest BCUT2D eigenvalue weighted by molar-refractivity contribution is 7.92.